The largest absolute Gasteiger partial charge is 0.323 e. The summed E-state index contributed by atoms with van der Waals surface area (Å²) < 4.78 is 0. The smallest absolute Gasteiger partial charge is 0.291 e. The standard InChI is InChI=1S/C9H10N2O2/c1-6-7-4-2-3-5-8(7)10-9(6)11(12)13/h2-6,9-10H,1H3. The van der Waals surface area contributed by atoms with Crippen LogP contribution in [-0.4, -0.2) is 11.1 Å². The molecule has 0 bridgehead atoms. The van der Waals surface area contributed by atoms with Crippen LogP contribution in [0.15, 0.2) is 24.3 Å². The molecule has 0 saturated heterocycles. The average molecular weight is 178 g/mol. The van der Waals surface area contributed by atoms with Gasteiger partial charge < -0.3 is 5.32 Å². The molecule has 68 valence electrons. The Bertz CT molecular complexity index is 351. The van der Waals surface area contributed by atoms with E-state index in [9.17, 15) is 10.1 Å². The molecule has 1 N–H and O–H groups in total. The normalized spacial score (nSPS) is 25.0. The number of anilines is 1. The number of para-hydroxylation sites is 1. The maximum absolute atomic E-state index is 10.6. The first-order chi connectivity index (χ1) is 6.20. The number of fused-ring (bicyclic) bond motifs is 1. The molecule has 4 nitrogen and oxygen atoms in total. The minimum Gasteiger partial charge on any atom is -0.323 e. The van der Waals surface area contributed by atoms with Gasteiger partial charge in [0.15, 0.2) is 0 Å². The van der Waals surface area contributed by atoms with Crippen LogP contribution in [0, 0.1) is 10.1 Å². The number of rotatable bonds is 1. The first-order valence-electron chi connectivity index (χ1n) is 4.19. The monoisotopic (exact) mass is 178 g/mol. The van der Waals surface area contributed by atoms with Gasteiger partial charge in [0, 0.05) is 10.6 Å². The molecular formula is C9H10N2O2. The fourth-order valence-corrected chi connectivity index (χ4v) is 1.72. The van der Waals surface area contributed by atoms with E-state index in [-0.39, 0.29) is 10.8 Å². The molecule has 0 amide bonds. The zero-order chi connectivity index (χ0) is 9.42. The van der Waals surface area contributed by atoms with Gasteiger partial charge in [0.2, 0.25) is 0 Å². The van der Waals surface area contributed by atoms with Crippen molar-refractivity contribution in [1.82, 2.24) is 0 Å². The Hall–Kier alpha value is -1.58. The van der Waals surface area contributed by atoms with Crippen LogP contribution in [0.4, 0.5) is 5.69 Å². The van der Waals surface area contributed by atoms with E-state index in [1.807, 2.05) is 31.2 Å². The summed E-state index contributed by atoms with van der Waals surface area (Å²) in [4.78, 5) is 10.4. The van der Waals surface area contributed by atoms with Crippen LogP contribution in [0.5, 0.6) is 0 Å². The van der Waals surface area contributed by atoms with Gasteiger partial charge in [-0.25, -0.2) is 0 Å². The van der Waals surface area contributed by atoms with Crippen molar-refractivity contribution in [3.8, 4) is 0 Å². The molecule has 0 saturated carbocycles. The predicted molar refractivity (Wildman–Crippen MR) is 49.3 cm³/mol. The fourth-order valence-electron chi connectivity index (χ4n) is 1.72. The molecule has 13 heavy (non-hydrogen) atoms. The highest BCUT2D eigenvalue weighted by molar-refractivity contribution is 5.58. The molecule has 1 aromatic rings. The minimum atomic E-state index is -0.669. The first kappa shape index (κ1) is 8.04. The number of nitro groups is 1. The second-order valence-electron chi connectivity index (χ2n) is 3.25. The van der Waals surface area contributed by atoms with Crippen LogP contribution < -0.4 is 5.32 Å². The van der Waals surface area contributed by atoms with Gasteiger partial charge in [-0.2, -0.15) is 0 Å². The second-order valence-corrected chi connectivity index (χ2v) is 3.25. The summed E-state index contributed by atoms with van der Waals surface area (Å²) in [7, 11) is 0. The van der Waals surface area contributed by atoms with Crippen molar-refractivity contribution in [2.24, 2.45) is 0 Å². The third kappa shape index (κ3) is 1.14. The van der Waals surface area contributed by atoms with Crippen LogP contribution in [0.2, 0.25) is 0 Å². The molecule has 2 unspecified atom stereocenters. The van der Waals surface area contributed by atoms with E-state index in [2.05, 4.69) is 5.32 Å². The van der Waals surface area contributed by atoms with E-state index in [0.717, 1.165) is 11.3 Å². The number of nitrogens with one attached hydrogen (secondary N) is 1. The van der Waals surface area contributed by atoms with E-state index >= 15 is 0 Å². The molecule has 4 heteroatoms. The lowest BCUT2D eigenvalue weighted by Crippen LogP contribution is -2.28. The van der Waals surface area contributed by atoms with E-state index in [1.165, 1.54) is 0 Å². The summed E-state index contributed by atoms with van der Waals surface area (Å²) in [5.74, 6) is -0.0498. The zero-order valence-electron chi connectivity index (χ0n) is 7.23. The van der Waals surface area contributed by atoms with Gasteiger partial charge in [-0.05, 0) is 18.6 Å². The van der Waals surface area contributed by atoms with Gasteiger partial charge in [0.05, 0.1) is 5.92 Å². The highest BCUT2D eigenvalue weighted by Crippen LogP contribution is 2.35. The van der Waals surface area contributed by atoms with Crippen LogP contribution in [-0.2, 0) is 0 Å². The van der Waals surface area contributed by atoms with E-state index in [0.29, 0.717) is 0 Å². The van der Waals surface area contributed by atoms with Crippen molar-refractivity contribution < 1.29 is 4.92 Å². The molecule has 2 rings (SSSR count). The Morgan fingerprint density at radius 3 is 2.77 bits per heavy atom. The van der Waals surface area contributed by atoms with E-state index in [4.69, 9.17) is 0 Å². The lowest BCUT2D eigenvalue weighted by atomic mass is 10.0. The SMILES string of the molecule is CC1c2ccccc2NC1[N+](=O)[O-]. The van der Waals surface area contributed by atoms with Crippen LogP contribution >= 0.6 is 0 Å². The lowest BCUT2D eigenvalue weighted by Gasteiger charge is -2.06. The van der Waals surface area contributed by atoms with Crippen LogP contribution in [0.25, 0.3) is 0 Å². The van der Waals surface area contributed by atoms with Crippen molar-refractivity contribution in [2.45, 2.75) is 19.0 Å². The molecule has 0 spiro atoms. The van der Waals surface area contributed by atoms with Crippen molar-refractivity contribution in [3.05, 3.63) is 39.9 Å². The molecular weight excluding hydrogens is 168 g/mol. The van der Waals surface area contributed by atoms with Gasteiger partial charge >= 0.3 is 0 Å². The minimum absolute atomic E-state index is 0.0498. The van der Waals surface area contributed by atoms with Gasteiger partial charge in [0.25, 0.3) is 6.17 Å². The van der Waals surface area contributed by atoms with Crippen LogP contribution in [0.3, 0.4) is 0 Å². The van der Waals surface area contributed by atoms with Crippen molar-refractivity contribution >= 4 is 5.69 Å². The van der Waals surface area contributed by atoms with Gasteiger partial charge in [-0.1, -0.05) is 18.2 Å². The summed E-state index contributed by atoms with van der Waals surface area (Å²) >= 11 is 0. The van der Waals surface area contributed by atoms with Crippen LogP contribution in [0.1, 0.15) is 18.4 Å². The lowest BCUT2D eigenvalue weighted by molar-refractivity contribution is -0.517. The Labute approximate surface area is 75.7 Å². The molecule has 1 aromatic carbocycles. The van der Waals surface area contributed by atoms with Gasteiger partial charge in [-0.15, -0.1) is 0 Å². The van der Waals surface area contributed by atoms with Gasteiger partial charge in [0.1, 0.15) is 0 Å². The van der Waals surface area contributed by atoms with Crippen molar-refractivity contribution in [2.75, 3.05) is 5.32 Å². The highest BCUT2D eigenvalue weighted by Gasteiger charge is 2.36. The number of benzene rings is 1. The summed E-state index contributed by atoms with van der Waals surface area (Å²) in [6.07, 6.45) is -0.669. The molecule has 0 fully saturated rings. The first-order valence-corrected chi connectivity index (χ1v) is 4.19. The quantitative estimate of drug-likeness (QED) is 0.527. The zero-order valence-corrected chi connectivity index (χ0v) is 7.23. The van der Waals surface area contributed by atoms with E-state index < -0.39 is 6.17 Å². The third-order valence-corrected chi connectivity index (χ3v) is 2.46. The maximum Gasteiger partial charge on any atom is 0.291 e. The summed E-state index contributed by atoms with van der Waals surface area (Å²) in [6.45, 7) is 1.87. The summed E-state index contributed by atoms with van der Waals surface area (Å²) in [6, 6.07) is 7.58. The molecule has 2 atom stereocenters. The molecule has 1 heterocycles. The average Bonchev–Trinajstić information content (AvgIpc) is 2.45. The molecule has 0 radical (unpaired) electrons. The predicted octanol–water partition coefficient (Wildman–Crippen LogP) is 1.82. The van der Waals surface area contributed by atoms with Crippen molar-refractivity contribution in [1.29, 1.82) is 0 Å². The van der Waals surface area contributed by atoms with E-state index in [1.54, 1.807) is 0 Å². The fraction of sp³-hybridized carbons (Fsp3) is 0.333. The molecule has 1 aliphatic heterocycles. The maximum atomic E-state index is 10.6. The Morgan fingerprint density at radius 2 is 2.15 bits per heavy atom. The number of hydrogen-bond acceptors (Lipinski definition) is 3. The summed E-state index contributed by atoms with van der Waals surface area (Å²) in [5, 5.41) is 13.5. The Balaban J connectivity index is 2.38. The Morgan fingerprint density at radius 1 is 1.46 bits per heavy atom. The summed E-state index contributed by atoms with van der Waals surface area (Å²) in [5.41, 5.74) is 1.92. The third-order valence-electron chi connectivity index (χ3n) is 2.46. The highest BCUT2D eigenvalue weighted by atomic mass is 16.6. The molecule has 0 aromatic heterocycles. The topological polar surface area (TPSA) is 55.2 Å². The molecule has 1 aliphatic rings. The van der Waals surface area contributed by atoms with Crippen molar-refractivity contribution in [3.63, 3.8) is 0 Å². The molecule has 0 aliphatic carbocycles. The van der Waals surface area contributed by atoms with Gasteiger partial charge in [-0.3, -0.25) is 10.1 Å². The number of hydrogen-bond donors (Lipinski definition) is 1. The number of nitrogens with zero attached hydrogens (tertiary/aromatic N) is 1. The Kier molecular flexibility index (Phi) is 1.69. The second kappa shape index (κ2) is 2.73.